The fourth-order valence-electron chi connectivity index (χ4n) is 2.94. The molecule has 0 radical (unpaired) electrons. The van der Waals surface area contributed by atoms with Gasteiger partial charge in [0, 0.05) is 0 Å². The third-order valence-electron chi connectivity index (χ3n) is 3.97. The molecule has 0 aromatic heterocycles. The summed E-state index contributed by atoms with van der Waals surface area (Å²) in [5, 5.41) is 12.4. The van der Waals surface area contributed by atoms with E-state index >= 15 is 0 Å². The normalized spacial score (nSPS) is 26.3. The molecule has 3 nitrogen and oxygen atoms in total. The molecule has 1 aliphatic rings. The van der Waals surface area contributed by atoms with Crippen LogP contribution in [-0.2, 0) is 0 Å². The number of amides is 1. The molecule has 2 atom stereocenters. The lowest BCUT2D eigenvalue weighted by Crippen LogP contribution is -2.54. The highest BCUT2D eigenvalue weighted by molar-refractivity contribution is 6.31. The van der Waals surface area contributed by atoms with Crippen molar-refractivity contribution in [1.29, 1.82) is 0 Å². The Kier molecular flexibility index (Phi) is 4.66. The van der Waals surface area contributed by atoms with E-state index in [9.17, 15) is 14.3 Å². The molecule has 0 heterocycles. The number of halogens is 2. The standard InChI is InChI=1S/C15H19ClFNO2/c1-10-4-3-7-15(8-10,9-19)18-14(20)11-5-2-6-12(16)13(11)17/h2,5-6,10,19H,3-4,7-9H2,1H3,(H,18,20). The van der Waals surface area contributed by atoms with Crippen molar-refractivity contribution in [2.45, 2.75) is 38.1 Å². The summed E-state index contributed by atoms with van der Waals surface area (Å²) < 4.78 is 13.9. The highest BCUT2D eigenvalue weighted by Gasteiger charge is 2.36. The first kappa shape index (κ1) is 15.3. The number of hydrogen-bond acceptors (Lipinski definition) is 2. The van der Waals surface area contributed by atoms with Crippen LogP contribution in [0.1, 0.15) is 43.0 Å². The Morgan fingerprint density at radius 3 is 3.00 bits per heavy atom. The zero-order valence-corrected chi connectivity index (χ0v) is 12.2. The Bertz CT molecular complexity index is 509. The molecular formula is C15H19ClFNO2. The first-order valence-corrected chi connectivity index (χ1v) is 7.22. The Morgan fingerprint density at radius 2 is 2.35 bits per heavy atom. The lowest BCUT2D eigenvalue weighted by Gasteiger charge is -2.39. The van der Waals surface area contributed by atoms with Crippen molar-refractivity contribution in [1.82, 2.24) is 5.32 Å². The molecule has 2 rings (SSSR count). The van der Waals surface area contributed by atoms with Gasteiger partial charge in [0.05, 0.1) is 22.7 Å². The molecule has 0 spiro atoms. The zero-order chi connectivity index (χ0) is 14.8. The number of carbonyl (C=O) groups is 1. The SMILES string of the molecule is CC1CCCC(CO)(NC(=O)c2cccc(Cl)c2F)C1. The zero-order valence-electron chi connectivity index (χ0n) is 11.5. The molecule has 5 heteroatoms. The molecule has 1 saturated carbocycles. The molecule has 20 heavy (non-hydrogen) atoms. The van der Waals surface area contributed by atoms with Crippen molar-refractivity contribution in [2.75, 3.05) is 6.61 Å². The molecule has 1 fully saturated rings. The average Bonchev–Trinajstić information content (AvgIpc) is 2.41. The number of carbonyl (C=O) groups excluding carboxylic acids is 1. The van der Waals surface area contributed by atoms with Crippen molar-refractivity contribution in [2.24, 2.45) is 5.92 Å². The molecule has 1 amide bonds. The van der Waals surface area contributed by atoms with Crippen LogP contribution >= 0.6 is 11.6 Å². The van der Waals surface area contributed by atoms with Gasteiger partial charge in [-0.2, -0.15) is 0 Å². The summed E-state index contributed by atoms with van der Waals surface area (Å²) in [5.74, 6) is -0.808. The minimum Gasteiger partial charge on any atom is -0.394 e. The quantitative estimate of drug-likeness (QED) is 0.901. The van der Waals surface area contributed by atoms with E-state index in [1.165, 1.54) is 18.2 Å². The third kappa shape index (κ3) is 3.13. The summed E-state index contributed by atoms with van der Waals surface area (Å²) in [4.78, 5) is 12.2. The fourth-order valence-corrected chi connectivity index (χ4v) is 3.12. The number of nitrogens with one attached hydrogen (secondary N) is 1. The number of rotatable bonds is 3. The minimum atomic E-state index is -0.719. The third-order valence-corrected chi connectivity index (χ3v) is 4.26. The lowest BCUT2D eigenvalue weighted by molar-refractivity contribution is 0.0693. The maximum absolute atomic E-state index is 13.9. The summed E-state index contributed by atoms with van der Waals surface area (Å²) in [6.07, 6.45) is 3.45. The first-order valence-electron chi connectivity index (χ1n) is 6.85. The molecule has 0 aliphatic heterocycles. The second kappa shape index (κ2) is 6.10. The predicted octanol–water partition coefficient (Wildman–Crippen LogP) is 3.15. The second-order valence-electron chi connectivity index (χ2n) is 5.70. The summed E-state index contributed by atoms with van der Waals surface area (Å²) in [6, 6.07) is 4.33. The highest BCUT2D eigenvalue weighted by Crippen LogP contribution is 2.32. The van der Waals surface area contributed by atoms with E-state index in [0.29, 0.717) is 18.8 Å². The van der Waals surface area contributed by atoms with Gasteiger partial charge in [-0.05, 0) is 30.9 Å². The largest absolute Gasteiger partial charge is 0.394 e. The summed E-state index contributed by atoms with van der Waals surface area (Å²) in [5.41, 5.74) is -0.729. The lowest BCUT2D eigenvalue weighted by atomic mass is 9.76. The topological polar surface area (TPSA) is 49.3 Å². The number of hydrogen-bond donors (Lipinski definition) is 2. The maximum Gasteiger partial charge on any atom is 0.254 e. The van der Waals surface area contributed by atoms with Crippen LogP contribution in [0, 0.1) is 11.7 Å². The van der Waals surface area contributed by atoms with Crippen molar-refractivity contribution < 1.29 is 14.3 Å². The molecule has 0 saturated heterocycles. The van der Waals surface area contributed by atoms with E-state index in [0.717, 1.165) is 12.8 Å². The van der Waals surface area contributed by atoms with E-state index in [2.05, 4.69) is 12.2 Å². The predicted molar refractivity (Wildman–Crippen MR) is 76.3 cm³/mol. The van der Waals surface area contributed by atoms with Crippen molar-refractivity contribution in [3.63, 3.8) is 0 Å². The van der Waals surface area contributed by atoms with Crippen LogP contribution in [0.25, 0.3) is 0 Å². The summed E-state index contributed by atoms with van der Waals surface area (Å²) >= 11 is 5.69. The fraction of sp³-hybridized carbons (Fsp3) is 0.533. The van der Waals surface area contributed by atoms with Crippen LogP contribution in [0.2, 0.25) is 5.02 Å². The van der Waals surface area contributed by atoms with Crippen LogP contribution in [0.15, 0.2) is 18.2 Å². The molecular weight excluding hydrogens is 281 g/mol. The number of aliphatic hydroxyl groups is 1. The van der Waals surface area contributed by atoms with Crippen molar-refractivity contribution >= 4 is 17.5 Å². The van der Waals surface area contributed by atoms with Gasteiger partial charge in [0.2, 0.25) is 0 Å². The second-order valence-corrected chi connectivity index (χ2v) is 6.10. The molecule has 2 N–H and O–H groups in total. The van der Waals surface area contributed by atoms with Crippen LogP contribution in [0.3, 0.4) is 0 Å². The molecule has 2 unspecified atom stereocenters. The van der Waals surface area contributed by atoms with Gasteiger partial charge in [-0.25, -0.2) is 4.39 Å². The van der Waals surface area contributed by atoms with Gasteiger partial charge in [0.25, 0.3) is 5.91 Å². The smallest absolute Gasteiger partial charge is 0.254 e. The average molecular weight is 300 g/mol. The van der Waals surface area contributed by atoms with E-state index < -0.39 is 17.3 Å². The minimum absolute atomic E-state index is 0.0762. The van der Waals surface area contributed by atoms with Crippen LogP contribution in [0.4, 0.5) is 4.39 Å². The molecule has 1 aromatic rings. The van der Waals surface area contributed by atoms with Gasteiger partial charge in [0.15, 0.2) is 5.82 Å². The van der Waals surface area contributed by atoms with Gasteiger partial charge in [-0.3, -0.25) is 4.79 Å². The van der Waals surface area contributed by atoms with Gasteiger partial charge >= 0.3 is 0 Å². The Labute approximate surface area is 123 Å². The monoisotopic (exact) mass is 299 g/mol. The van der Waals surface area contributed by atoms with Gasteiger partial charge in [-0.15, -0.1) is 0 Å². The molecule has 0 bridgehead atoms. The van der Waals surface area contributed by atoms with E-state index in [1.54, 1.807) is 0 Å². The number of aliphatic hydroxyl groups excluding tert-OH is 1. The van der Waals surface area contributed by atoms with E-state index in [4.69, 9.17) is 11.6 Å². The van der Waals surface area contributed by atoms with Gasteiger partial charge in [0.1, 0.15) is 0 Å². The first-order chi connectivity index (χ1) is 9.47. The van der Waals surface area contributed by atoms with Crippen LogP contribution in [-0.4, -0.2) is 23.2 Å². The van der Waals surface area contributed by atoms with Gasteiger partial charge in [-0.1, -0.05) is 37.4 Å². The number of benzene rings is 1. The van der Waals surface area contributed by atoms with Gasteiger partial charge < -0.3 is 10.4 Å². The molecule has 1 aliphatic carbocycles. The van der Waals surface area contributed by atoms with E-state index in [1.807, 2.05) is 0 Å². The van der Waals surface area contributed by atoms with Crippen molar-refractivity contribution in [3.8, 4) is 0 Å². The molecule has 1 aromatic carbocycles. The van der Waals surface area contributed by atoms with Crippen LogP contribution in [0.5, 0.6) is 0 Å². The Morgan fingerprint density at radius 1 is 1.60 bits per heavy atom. The summed E-state index contributed by atoms with van der Waals surface area (Å²) in [6.45, 7) is 1.96. The Hall–Kier alpha value is -1.13. The van der Waals surface area contributed by atoms with Crippen molar-refractivity contribution in [3.05, 3.63) is 34.6 Å². The van der Waals surface area contributed by atoms with Crippen LogP contribution < -0.4 is 5.32 Å². The molecule has 110 valence electrons. The highest BCUT2D eigenvalue weighted by atomic mass is 35.5. The van der Waals surface area contributed by atoms with E-state index in [-0.39, 0.29) is 17.2 Å². The Balaban J connectivity index is 2.19. The summed E-state index contributed by atoms with van der Waals surface area (Å²) in [7, 11) is 0. The maximum atomic E-state index is 13.9.